The van der Waals surface area contributed by atoms with Crippen LogP contribution in [0.5, 0.6) is 0 Å². The Kier molecular flexibility index (Phi) is 5.74. The maximum atomic E-state index is 13.7. The van der Waals surface area contributed by atoms with Crippen molar-refractivity contribution in [3.8, 4) is 0 Å². The second kappa shape index (κ2) is 7.57. The minimum Gasteiger partial charge on any atom is -0.465 e. The first-order valence-electron chi connectivity index (χ1n) is 6.90. The van der Waals surface area contributed by atoms with E-state index in [0.29, 0.717) is 10.6 Å². The number of nitrogens with one attached hydrogen (secondary N) is 1. The van der Waals surface area contributed by atoms with Crippen molar-refractivity contribution in [3.05, 3.63) is 51.1 Å². The fourth-order valence-electron chi connectivity index (χ4n) is 2.00. The first-order valence-corrected chi connectivity index (χ1v) is 8.09. The summed E-state index contributed by atoms with van der Waals surface area (Å²) in [4.78, 5) is 24.9. The molecule has 122 valence electrons. The molecule has 23 heavy (non-hydrogen) atoms. The van der Waals surface area contributed by atoms with Gasteiger partial charge in [-0.3, -0.25) is 4.79 Å². The van der Waals surface area contributed by atoms with Gasteiger partial charge in [0.2, 0.25) is 5.91 Å². The Morgan fingerprint density at radius 3 is 2.74 bits per heavy atom. The Balaban J connectivity index is 2.20. The number of anilines is 1. The zero-order valence-corrected chi connectivity index (χ0v) is 14.2. The highest BCUT2D eigenvalue weighted by Gasteiger charge is 2.19. The van der Waals surface area contributed by atoms with Crippen molar-refractivity contribution in [2.24, 2.45) is 0 Å². The van der Waals surface area contributed by atoms with E-state index in [4.69, 9.17) is 16.3 Å². The normalized spacial score (nSPS) is 10.4. The molecule has 0 fully saturated rings. The zero-order valence-electron chi connectivity index (χ0n) is 12.6. The van der Waals surface area contributed by atoms with E-state index in [9.17, 15) is 14.0 Å². The second-order valence-corrected chi connectivity index (χ2v) is 6.27. The fourth-order valence-corrected chi connectivity index (χ4v) is 3.23. The Bertz CT molecular complexity index is 725. The number of amides is 1. The number of esters is 1. The van der Waals surface area contributed by atoms with E-state index in [2.05, 4.69) is 5.32 Å². The van der Waals surface area contributed by atoms with Crippen LogP contribution in [0.2, 0.25) is 5.02 Å². The number of benzene rings is 1. The second-order valence-electron chi connectivity index (χ2n) is 4.73. The number of thiophene rings is 1. The molecule has 0 saturated heterocycles. The van der Waals surface area contributed by atoms with Gasteiger partial charge in [0.1, 0.15) is 10.8 Å². The van der Waals surface area contributed by atoms with E-state index in [0.717, 1.165) is 11.3 Å². The number of hydrogen-bond donors (Lipinski definition) is 1. The molecule has 0 aliphatic carbocycles. The van der Waals surface area contributed by atoms with E-state index in [1.165, 1.54) is 36.6 Å². The van der Waals surface area contributed by atoms with Crippen molar-refractivity contribution in [1.29, 1.82) is 0 Å². The third kappa shape index (κ3) is 4.09. The number of carbonyl (C=O) groups is 2. The number of ether oxygens (including phenoxy) is 1. The first-order chi connectivity index (χ1) is 11.0. The summed E-state index contributed by atoms with van der Waals surface area (Å²) in [6, 6.07) is 5.92. The predicted octanol–water partition coefficient (Wildman–Crippen LogP) is 4.07. The summed E-state index contributed by atoms with van der Waals surface area (Å²) in [5.74, 6) is -1.52. The van der Waals surface area contributed by atoms with Crippen molar-refractivity contribution in [2.45, 2.75) is 19.8 Å². The van der Waals surface area contributed by atoms with Crippen LogP contribution >= 0.6 is 22.9 Å². The van der Waals surface area contributed by atoms with Crippen molar-refractivity contribution >= 4 is 39.8 Å². The molecule has 1 aromatic carbocycles. The van der Waals surface area contributed by atoms with Crippen LogP contribution in [0.4, 0.5) is 9.39 Å². The molecule has 1 amide bonds. The molecule has 2 rings (SSSR count). The molecule has 4 nitrogen and oxygen atoms in total. The van der Waals surface area contributed by atoms with Crippen LogP contribution in [0.3, 0.4) is 0 Å². The zero-order chi connectivity index (χ0) is 17.0. The van der Waals surface area contributed by atoms with Crippen LogP contribution in [0.25, 0.3) is 0 Å². The SMILES string of the molecule is CCc1cc(C(=O)OC)c(NC(=O)Cc2c(F)cccc2Cl)s1. The van der Waals surface area contributed by atoms with Gasteiger partial charge in [-0.2, -0.15) is 0 Å². The summed E-state index contributed by atoms with van der Waals surface area (Å²) >= 11 is 7.21. The molecule has 0 radical (unpaired) electrons. The maximum Gasteiger partial charge on any atom is 0.340 e. The summed E-state index contributed by atoms with van der Waals surface area (Å²) in [6.07, 6.45) is 0.509. The largest absolute Gasteiger partial charge is 0.465 e. The van der Waals surface area contributed by atoms with Crippen molar-refractivity contribution in [1.82, 2.24) is 0 Å². The summed E-state index contributed by atoms with van der Waals surface area (Å²) in [7, 11) is 1.27. The molecule has 0 spiro atoms. The number of rotatable bonds is 5. The number of hydrogen-bond acceptors (Lipinski definition) is 4. The van der Waals surface area contributed by atoms with Gasteiger partial charge in [-0.15, -0.1) is 11.3 Å². The van der Waals surface area contributed by atoms with Gasteiger partial charge in [-0.1, -0.05) is 24.6 Å². The molecule has 1 aromatic heterocycles. The monoisotopic (exact) mass is 355 g/mol. The maximum absolute atomic E-state index is 13.7. The van der Waals surface area contributed by atoms with Gasteiger partial charge in [0.25, 0.3) is 0 Å². The van der Waals surface area contributed by atoms with Gasteiger partial charge >= 0.3 is 5.97 Å². The van der Waals surface area contributed by atoms with Crippen LogP contribution < -0.4 is 5.32 Å². The average Bonchev–Trinajstić information content (AvgIpc) is 2.93. The van der Waals surface area contributed by atoms with Crippen molar-refractivity contribution < 1.29 is 18.7 Å². The topological polar surface area (TPSA) is 55.4 Å². The molecule has 1 heterocycles. The third-order valence-corrected chi connectivity index (χ3v) is 4.74. The molecule has 7 heteroatoms. The van der Waals surface area contributed by atoms with Gasteiger partial charge in [-0.05, 0) is 24.6 Å². The van der Waals surface area contributed by atoms with Gasteiger partial charge in [0.15, 0.2) is 0 Å². The summed E-state index contributed by atoms with van der Waals surface area (Å²) < 4.78 is 18.4. The van der Waals surface area contributed by atoms with E-state index < -0.39 is 17.7 Å². The highest BCUT2D eigenvalue weighted by molar-refractivity contribution is 7.16. The number of carbonyl (C=O) groups excluding carboxylic acids is 2. The van der Waals surface area contributed by atoms with Crippen LogP contribution in [0.1, 0.15) is 27.7 Å². The molecule has 0 aliphatic rings. The van der Waals surface area contributed by atoms with E-state index >= 15 is 0 Å². The molecule has 2 aromatic rings. The standard InChI is InChI=1S/C16H15ClFNO3S/c1-3-9-7-11(16(21)22-2)15(23-9)19-14(20)8-10-12(17)5-4-6-13(10)18/h4-7H,3,8H2,1-2H3,(H,19,20). The lowest BCUT2D eigenvalue weighted by atomic mass is 10.1. The lowest BCUT2D eigenvalue weighted by Crippen LogP contribution is -2.16. The van der Waals surface area contributed by atoms with E-state index in [1.54, 1.807) is 6.07 Å². The van der Waals surface area contributed by atoms with Crippen LogP contribution in [0, 0.1) is 5.82 Å². The van der Waals surface area contributed by atoms with Crippen molar-refractivity contribution in [2.75, 3.05) is 12.4 Å². The van der Waals surface area contributed by atoms with Gasteiger partial charge in [-0.25, -0.2) is 9.18 Å². The molecule has 0 atom stereocenters. The number of aryl methyl sites for hydroxylation is 1. The van der Waals surface area contributed by atoms with E-state index in [1.807, 2.05) is 6.92 Å². The first kappa shape index (κ1) is 17.4. The van der Waals surface area contributed by atoms with Gasteiger partial charge < -0.3 is 10.1 Å². The smallest absolute Gasteiger partial charge is 0.340 e. The molecule has 0 bridgehead atoms. The Morgan fingerprint density at radius 2 is 2.13 bits per heavy atom. The lowest BCUT2D eigenvalue weighted by Gasteiger charge is -2.07. The Hall–Kier alpha value is -1.92. The highest BCUT2D eigenvalue weighted by Crippen LogP contribution is 2.29. The van der Waals surface area contributed by atoms with Crippen molar-refractivity contribution in [3.63, 3.8) is 0 Å². The van der Waals surface area contributed by atoms with Gasteiger partial charge in [0.05, 0.1) is 19.1 Å². The fraction of sp³-hybridized carbons (Fsp3) is 0.250. The Labute approximate surface area is 142 Å². The van der Waals surface area contributed by atoms with Gasteiger partial charge in [0, 0.05) is 15.5 Å². The predicted molar refractivity (Wildman–Crippen MR) is 88.8 cm³/mol. The lowest BCUT2D eigenvalue weighted by molar-refractivity contribution is -0.115. The summed E-state index contributed by atoms with van der Waals surface area (Å²) in [5, 5.41) is 3.22. The highest BCUT2D eigenvalue weighted by atomic mass is 35.5. The molecule has 1 N–H and O–H groups in total. The summed E-state index contributed by atoms with van der Waals surface area (Å²) in [5.41, 5.74) is 0.417. The minimum atomic E-state index is -0.540. The van der Waals surface area contributed by atoms with Crippen LogP contribution in [0.15, 0.2) is 24.3 Å². The van der Waals surface area contributed by atoms with Crippen LogP contribution in [-0.2, 0) is 22.4 Å². The third-order valence-electron chi connectivity index (χ3n) is 3.19. The number of halogens is 2. The molecule has 0 unspecified atom stereocenters. The molecule has 0 aliphatic heterocycles. The number of methoxy groups -OCH3 is 1. The minimum absolute atomic E-state index is 0.124. The average molecular weight is 356 g/mol. The molecular formula is C16H15ClFNO3S. The summed E-state index contributed by atoms with van der Waals surface area (Å²) in [6.45, 7) is 1.94. The van der Waals surface area contributed by atoms with Crippen LogP contribution in [-0.4, -0.2) is 19.0 Å². The van der Waals surface area contributed by atoms with E-state index in [-0.39, 0.29) is 17.0 Å². The Morgan fingerprint density at radius 1 is 1.39 bits per heavy atom. The molecular weight excluding hydrogens is 341 g/mol. The quantitative estimate of drug-likeness (QED) is 0.822. The molecule has 0 saturated carbocycles.